The maximum Gasteiger partial charge on any atom is 0.137 e. The molecule has 0 aliphatic heterocycles. The molecular formula is C11H15BrO3. The van der Waals surface area contributed by atoms with Crippen molar-refractivity contribution in [3.05, 3.63) is 22.2 Å². The molecule has 0 radical (unpaired) electrons. The number of aliphatic hydroxyl groups excluding tert-OH is 1. The Bertz CT molecular complexity index is 337. The van der Waals surface area contributed by atoms with Crippen LogP contribution >= 0.6 is 15.9 Å². The lowest BCUT2D eigenvalue weighted by Crippen LogP contribution is -2.06. The standard InChI is InChI=1S/C11H15BrO3/c1-7(2)15-11-5-10(14-3)8(6-13)4-9(11)12/h4-5,7,13H,6H2,1-3H3. The van der Waals surface area contributed by atoms with Gasteiger partial charge < -0.3 is 14.6 Å². The fourth-order valence-electron chi connectivity index (χ4n) is 1.23. The van der Waals surface area contributed by atoms with Crippen molar-refractivity contribution in [1.29, 1.82) is 0 Å². The van der Waals surface area contributed by atoms with Gasteiger partial charge in [0.25, 0.3) is 0 Å². The second kappa shape index (κ2) is 5.37. The van der Waals surface area contributed by atoms with Crippen molar-refractivity contribution in [1.82, 2.24) is 0 Å². The molecule has 1 aromatic carbocycles. The molecule has 4 heteroatoms. The maximum absolute atomic E-state index is 9.11. The summed E-state index contributed by atoms with van der Waals surface area (Å²) in [6, 6.07) is 3.58. The van der Waals surface area contributed by atoms with E-state index in [1.807, 2.05) is 13.8 Å². The molecule has 0 spiro atoms. The summed E-state index contributed by atoms with van der Waals surface area (Å²) in [6.45, 7) is 3.86. The molecule has 1 rings (SSSR count). The van der Waals surface area contributed by atoms with Crippen molar-refractivity contribution >= 4 is 15.9 Å². The zero-order chi connectivity index (χ0) is 11.4. The van der Waals surface area contributed by atoms with E-state index in [4.69, 9.17) is 14.6 Å². The molecule has 1 aromatic rings. The summed E-state index contributed by atoms with van der Waals surface area (Å²) in [4.78, 5) is 0. The highest BCUT2D eigenvalue weighted by atomic mass is 79.9. The van der Waals surface area contributed by atoms with E-state index in [0.29, 0.717) is 5.75 Å². The van der Waals surface area contributed by atoms with Crippen LogP contribution in [-0.2, 0) is 6.61 Å². The van der Waals surface area contributed by atoms with E-state index in [1.54, 1.807) is 19.2 Å². The number of halogens is 1. The third kappa shape index (κ3) is 3.11. The van der Waals surface area contributed by atoms with Crippen LogP contribution in [-0.4, -0.2) is 18.3 Å². The van der Waals surface area contributed by atoms with Crippen LogP contribution in [0.5, 0.6) is 11.5 Å². The van der Waals surface area contributed by atoms with Gasteiger partial charge in [-0.25, -0.2) is 0 Å². The van der Waals surface area contributed by atoms with E-state index in [9.17, 15) is 0 Å². The Balaban J connectivity index is 3.08. The highest BCUT2D eigenvalue weighted by Gasteiger charge is 2.10. The molecule has 84 valence electrons. The van der Waals surface area contributed by atoms with Crippen LogP contribution in [0.2, 0.25) is 0 Å². The van der Waals surface area contributed by atoms with Crippen molar-refractivity contribution in [2.45, 2.75) is 26.6 Å². The third-order valence-electron chi connectivity index (χ3n) is 1.87. The smallest absolute Gasteiger partial charge is 0.137 e. The van der Waals surface area contributed by atoms with Crippen molar-refractivity contribution in [3.8, 4) is 11.5 Å². The lowest BCUT2D eigenvalue weighted by atomic mass is 10.2. The van der Waals surface area contributed by atoms with Crippen LogP contribution in [0.1, 0.15) is 19.4 Å². The molecule has 0 saturated carbocycles. The largest absolute Gasteiger partial charge is 0.496 e. The van der Waals surface area contributed by atoms with Gasteiger partial charge in [0.05, 0.1) is 24.3 Å². The minimum Gasteiger partial charge on any atom is -0.496 e. The summed E-state index contributed by atoms with van der Waals surface area (Å²) in [6.07, 6.45) is 0.103. The number of benzene rings is 1. The van der Waals surface area contributed by atoms with Crippen molar-refractivity contribution in [3.63, 3.8) is 0 Å². The van der Waals surface area contributed by atoms with E-state index >= 15 is 0 Å². The number of hydrogen-bond donors (Lipinski definition) is 1. The molecule has 0 unspecified atom stereocenters. The van der Waals surface area contributed by atoms with Crippen LogP contribution in [0.4, 0.5) is 0 Å². The van der Waals surface area contributed by atoms with E-state index in [1.165, 1.54) is 0 Å². The number of aliphatic hydroxyl groups is 1. The normalized spacial score (nSPS) is 10.5. The first-order valence-corrected chi connectivity index (χ1v) is 5.51. The van der Waals surface area contributed by atoms with Crippen molar-refractivity contribution in [2.24, 2.45) is 0 Å². The van der Waals surface area contributed by atoms with Gasteiger partial charge in [-0.1, -0.05) is 0 Å². The second-order valence-corrected chi connectivity index (χ2v) is 4.27. The van der Waals surface area contributed by atoms with Crippen LogP contribution in [0, 0.1) is 0 Å². The molecule has 0 atom stereocenters. The number of ether oxygens (including phenoxy) is 2. The Morgan fingerprint density at radius 3 is 2.47 bits per heavy atom. The Morgan fingerprint density at radius 1 is 1.33 bits per heavy atom. The maximum atomic E-state index is 9.11. The minimum absolute atomic E-state index is 0.0519. The molecule has 0 fully saturated rings. The van der Waals surface area contributed by atoms with Crippen molar-refractivity contribution < 1.29 is 14.6 Å². The van der Waals surface area contributed by atoms with E-state index in [2.05, 4.69) is 15.9 Å². The fraction of sp³-hybridized carbons (Fsp3) is 0.455. The molecule has 0 bridgehead atoms. The van der Waals surface area contributed by atoms with E-state index < -0.39 is 0 Å². The second-order valence-electron chi connectivity index (χ2n) is 3.42. The summed E-state index contributed by atoms with van der Waals surface area (Å²) < 4.78 is 11.6. The molecule has 0 aliphatic rings. The first kappa shape index (κ1) is 12.3. The van der Waals surface area contributed by atoms with Crippen LogP contribution in [0.15, 0.2) is 16.6 Å². The zero-order valence-electron chi connectivity index (χ0n) is 9.08. The molecule has 3 nitrogen and oxygen atoms in total. The van der Waals surface area contributed by atoms with Crippen LogP contribution < -0.4 is 9.47 Å². The summed E-state index contributed by atoms with van der Waals surface area (Å²) in [5.41, 5.74) is 0.737. The highest BCUT2D eigenvalue weighted by molar-refractivity contribution is 9.10. The lowest BCUT2D eigenvalue weighted by Gasteiger charge is -2.14. The van der Waals surface area contributed by atoms with Crippen LogP contribution in [0.25, 0.3) is 0 Å². The predicted octanol–water partition coefficient (Wildman–Crippen LogP) is 2.74. The van der Waals surface area contributed by atoms with E-state index in [-0.39, 0.29) is 12.7 Å². The summed E-state index contributed by atoms with van der Waals surface area (Å²) in [7, 11) is 1.57. The minimum atomic E-state index is -0.0519. The average molecular weight is 275 g/mol. The molecule has 1 N–H and O–H groups in total. The van der Waals surface area contributed by atoms with Gasteiger partial charge in [0, 0.05) is 11.6 Å². The SMILES string of the molecule is COc1cc(OC(C)C)c(Br)cc1CO. The highest BCUT2D eigenvalue weighted by Crippen LogP contribution is 2.33. The van der Waals surface area contributed by atoms with Gasteiger partial charge in [-0.3, -0.25) is 0 Å². The Kier molecular flexibility index (Phi) is 4.42. The topological polar surface area (TPSA) is 38.7 Å². The van der Waals surface area contributed by atoms with Gasteiger partial charge in [-0.2, -0.15) is 0 Å². The van der Waals surface area contributed by atoms with Crippen LogP contribution in [0.3, 0.4) is 0 Å². The van der Waals surface area contributed by atoms with E-state index in [0.717, 1.165) is 15.8 Å². The first-order valence-electron chi connectivity index (χ1n) is 4.72. The Hall–Kier alpha value is -0.740. The molecule has 0 amide bonds. The molecule has 0 saturated heterocycles. The third-order valence-corrected chi connectivity index (χ3v) is 2.49. The quantitative estimate of drug-likeness (QED) is 0.918. The predicted molar refractivity (Wildman–Crippen MR) is 62.4 cm³/mol. The van der Waals surface area contributed by atoms with Gasteiger partial charge in [0.2, 0.25) is 0 Å². The van der Waals surface area contributed by atoms with Gasteiger partial charge in [-0.15, -0.1) is 0 Å². The van der Waals surface area contributed by atoms with Gasteiger partial charge >= 0.3 is 0 Å². The molecule has 0 aromatic heterocycles. The monoisotopic (exact) mass is 274 g/mol. The zero-order valence-corrected chi connectivity index (χ0v) is 10.7. The molecule has 0 heterocycles. The molecule has 15 heavy (non-hydrogen) atoms. The summed E-state index contributed by atoms with van der Waals surface area (Å²) in [5.74, 6) is 1.36. The molecule has 0 aliphatic carbocycles. The van der Waals surface area contributed by atoms with Crippen molar-refractivity contribution in [2.75, 3.05) is 7.11 Å². The van der Waals surface area contributed by atoms with Gasteiger partial charge in [0.1, 0.15) is 11.5 Å². The Labute approximate surface area is 98.1 Å². The number of hydrogen-bond acceptors (Lipinski definition) is 3. The summed E-state index contributed by atoms with van der Waals surface area (Å²) in [5, 5.41) is 9.11. The molecular weight excluding hydrogens is 260 g/mol. The lowest BCUT2D eigenvalue weighted by molar-refractivity contribution is 0.238. The number of methoxy groups -OCH3 is 1. The number of rotatable bonds is 4. The Morgan fingerprint density at radius 2 is 2.00 bits per heavy atom. The first-order chi connectivity index (χ1) is 7.08. The summed E-state index contributed by atoms with van der Waals surface area (Å²) >= 11 is 3.39. The fourth-order valence-corrected chi connectivity index (χ4v) is 1.72. The van der Waals surface area contributed by atoms with Gasteiger partial charge in [-0.05, 0) is 35.8 Å². The average Bonchev–Trinajstić information content (AvgIpc) is 2.19. The van der Waals surface area contributed by atoms with Gasteiger partial charge in [0.15, 0.2) is 0 Å².